The summed E-state index contributed by atoms with van der Waals surface area (Å²) in [6, 6.07) is 6.69. The van der Waals surface area contributed by atoms with E-state index in [9.17, 15) is 18.0 Å². The number of aromatic nitrogens is 2. The van der Waals surface area contributed by atoms with E-state index in [1.54, 1.807) is 31.2 Å². The molecule has 1 aromatic heterocycles. The molecule has 152 valence electrons. The van der Waals surface area contributed by atoms with Crippen molar-refractivity contribution >= 4 is 5.91 Å². The van der Waals surface area contributed by atoms with Crippen LogP contribution in [0.15, 0.2) is 30.5 Å². The Morgan fingerprint density at radius 3 is 2.54 bits per heavy atom. The van der Waals surface area contributed by atoms with Crippen molar-refractivity contribution in [2.75, 3.05) is 26.2 Å². The lowest BCUT2D eigenvalue weighted by atomic mass is 9.96. The number of alkyl halides is 3. The molecular weight excluding hydrogens is 369 g/mol. The number of amides is 1. The van der Waals surface area contributed by atoms with E-state index < -0.39 is 17.8 Å². The zero-order valence-electron chi connectivity index (χ0n) is 16.1. The number of benzene rings is 1. The van der Waals surface area contributed by atoms with Crippen LogP contribution in [0.1, 0.15) is 41.4 Å². The largest absolute Gasteiger partial charge is 0.434 e. The van der Waals surface area contributed by atoms with E-state index in [0.717, 1.165) is 36.8 Å². The van der Waals surface area contributed by atoms with Gasteiger partial charge in [-0.15, -0.1) is 0 Å². The lowest BCUT2D eigenvalue weighted by molar-refractivity contribution is -0.143. The number of carbonyl (C=O) groups is 1. The molecular formula is C20H25F3N4O. The van der Waals surface area contributed by atoms with Crippen molar-refractivity contribution in [1.29, 1.82) is 0 Å². The standard InChI is InChI=1S/C20H25F3N4O/c1-3-24-12-15-8-10-26(11-9-15)19(28)16-13-25-27(18(16)20(21,22)23)17-7-5-4-6-14(17)2/h4-7,13,15,24H,3,8-12H2,1-2H3. The molecule has 0 radical (unpaired) electrons. The van der Waals surface area contributed by atoms with Gasteiger partial charge in [-0.3, -0.25) is 4.79 Å². The smallest absolute Gasteiger partial charge is 0.339 e. The van der Waals surface area contributed by atoms with Gasteiger partial charge in [-0.2, -0.15) is 18.3 Å². The van der Waals surface area contributed by atoms with Crippen molar-refractivity contribution in [2.45, 2.75) is 32.9 Å². The average molecular weight is 394 g/mol. The molecule has 1 N–H and O–H groups in total. The summed E-state index contributed by atoms with van der Waals surface area (Å²) in [4.78, 5) is 14.4. The number of rotatable bonds is 5. The van der Waals surface area contributed by atoms with E-state index in [0.29, 0.717) is 30.3 Å². The van der Waals surface area contributed by atoms with E-state index in [-0.39, 0.29) is 5.56 Å². The van der Waals surface area contributed by atoms with Crippen molar-refractivity contribution in [2.24, 2.45) is 5.92 Å². The summed E-state index contributed by atoms with van der Waals surface area (Å²) >= 11 is 0. The Bertz CT molecular complexity index is 823. The summed E-state index contributed by atoms with van der Waals surface area (Å²) in [5.41, 5.74) is -0.431. The Labute approximate surface area is 162 Å². The highest BCUT2D eigenvalue weighted by molar-refractivity contribution is 5.95. The number of carbonyl (C=O) groups excluding carboxylic acids is 1. The van der Waals surface area contributed by atoms with Crippen molar-refractivity contribution in [3.63, 3.8) is 0 Å². The molecule has 1 amide bonds. The van der Waals surface area contributed by atoms with E-state index in [1.165, 1.54) is 4.90 Å². The number of nitrogens with zero attached hydrogens (tertiary/aromatic N) is 3. The van der Waals surface area contributed by atoms with Crippen LogP contribution >= 0.6 is 0 Å². The van der Waals surface area contributed by atoms with Gasteiger partial charge in [-0.25, -0.2) is 4.68 Å². The molecule has 8 heteroatoms. The van der Waals surface area contributed by atoms with Crippen LogP contribution in [0.5, 0.6) is 0 Å². The lowest BCUT2D eigenvalue weighted by Crippen LogP contribution is -2.41. The van der Waals surface area contributed by atoms with Crippen LogP contribution in [-0.4, -0.2) is 46.8 Å². The van der Waals surface area contributed by atoms with Gasteiger partial charge in [-0.1, -0.05) is 25.1 Å². The summed E-state index contributed by atoms with van der Waals surface area (Å²) in [5.74, 6) is -0.158. The maximum Gasteiger partial charge on any atom is 0.434 e. The number of halogens is 3. The summed E-state index contributed by atoms with van der Waals surface area (Å²) in [5, 5.41) is 7.21. The van der Waals surface area contributed by atoms with E-state index in [2.05, 4.69) is 10.4 Å². The molecule has 0 atom stereocenters. The topological polar surface area (TPSA) is 50.2 Å². The number of aryl methyl sites for hydroxylation is 1. The van der Waals surface area contributed by atoms with Gasteiger partial charge >= 0.3 is 6.18 Å². The van der Waals surface area contributed by atoms with Crippen LogP contribution in [-0.2, 0) is 6.18 Å². The maximum atomic E-state index is 13.8. The predicted molar refractivity (Wildman–Crippen MR) is 100 cm³/mol. The fourth-order valence-electron chi connectivity index (χ4n) is 3.62. The Morgan fingerprint density at radius 1 is 1.25 bits per heavy atom. The van der Waals surface area contributed by atoms with Gasteiger partial charge in [0, 0.05) is 13.1 Å². The minimum Gasteiger partial charge on any atom is -0.339 e. The molecule has 1 aromatic carbocycles. The second-order valence-corrected chi connectivity index (χ2v) is 7.15. The van der Waals surface area contributed by atoms with Crippen molar-refractivity contribution in [3.05, 3.63) is 47.3 Å². The van der Waals surface area contributed by atoms with Gasteiger partial charge in [-0.05, 0) is 50.4 Å². The minimum absolute atomic E-state index is 0.318. The molecule has 0 bridgehead atoms. The van der Waals surface area contributed by atoms with Crippen molar-refractivity contribution in [1.82, 2.24) is 20.0 Å². The first-order valence-corrected chi connectivity index (χ1v) is 9.54. The monoisotopic (exact) mass is 394 g/mol. The quantitative estimate of drug-likeness (QED) is 0.842. The molecule has 1 saturated heterocycles. The Kier molecular flexibility index (Phi) is 6.07. The third-order valence-electron chi connectivity index (χ3n) is 5.20. The van der Waals surface area contributed by atoms with Crippen molar-refractivity contribution in [3.8, 4) is 5.69 Å². The van der Waals surface area contributed by atoms with Gasteiger partial charge in [0.25, 0.3) is 5.91 Å². The number of hydrogen-bond donors (Lipinski definition) is 1. The third-order valence-corrected chi connectivity index (χ3v) is 5.20. The molecule has 2 heterocycles. The summed E-state index contributed by atoms with van der Waals surface area (Å²) in [6.45, 7) is 6.42. The minimum atomic E-state index is -4.69. The number of piperidine rings is 1. The van der Waals surface area contributed by atoms with Gasteiger partial charge < -0.3 is 10.2 Å². The summed E-state index contributed by atoms with van der Waals surface area (Å²) in [6.07, 6.45) is -2.08. The predicted octanol–water partition coefficient (Wildman–Crippen LogP) is 3.66. The zero-order chi connectivity index (χ0) is 20.3. The molecule has 3 rings (SSSR count). The summed E-state index contributed by atoms with van der Waals surface area (Å²) < 4.78 is 42.4. The average Bonchev–Trinajstić information content (AvgIpc) is 3.12. The lowest BCUT2D eigenvalue weighted by Gasteiger charge is -2.32. The second-order valence-electron chi connectivity index (χ2n) is 7.15. The normalized spacial score (nSPS) is 15.8. The third kappa shape index (κ3) is 4.22. The van der Waals surface area contributed by atoms with E-state index in [1.807, 2.05) is 6.92 Å². The molecule has 28 heavy (non-hydrogen) atoms. The SMILES string of the molecule is CCNCC1CCN(C(=O)c2cnn(-c3ccccc3C)c2C(F)(F)F)CC1. The first-order valence-electron chi connectivity index (χ1n) is 9.54. The highest BCUT2D eigenvalue weighted by atomic mass is 19.4. The fraction of sp³-hybridized carbons (Fsp3) is 0.500. The van der Waals surface area contributed by atoms with Gasteiger partial charge in [0.2, 0.25) is 0 Å². The number of hydrogen-bond acceptors (Lipinski definition) is 3. The summed E-state index contributed by atoms with van der Waals surface area (Å²) in [7, 11) is 0. The van der Waals surface area contributed by atoms with Crippen LogP contribution in [0.3, 0.4) is 0 Å². The Hall–Kier alpha value is -2.35. The molecule has 1 aliphatic rings. The van der Waals surface area contributed by atoms with Crippen molar-refractivity contribution < 1.29 is 18.0 Å². The fourth-order valence-corrected chi connectivity index (χ4v) is 3.62. The van der Waals surface area contributed by atoms with Crippen LogP contribution in [0.4, 0.5) is 13.2 Å². The Balaban J connectivity index is 1.87. The van der Waals surface area contributed by atoms with Crippen LogP contribution in [0.25, 0.3) is 5.69 Å². The number of likely N-dealkylation sites (tertiary alicyclic amines) is 1. The van der Waals surface area contributed by atoms with Gasteiger partial charge in [0.05, 0.1) is 17.4 Å². The zero-order valence-corrected chi connectivity index (χ0v) is 16.1. The molecule has 0 spiro atoms. The van der Waals surface area contributed by atoms with E-state index >= 15 is 0 Å². The maximum absolute atomic E-state index is 13.8. The molecule has 5 nitrogen and oxygen atoms in total. The van der Waals surface area contributed by atoms with Crippen LogP contribution in [0, 0.1) is 12.8 Å². The molecule has 0 aliphatic carbocycles. The highest BCUT2D eigenvalue weighted by Crippen LogP contribution is 2.35. The second kappa shape index (κ2) is 8.34. The Morgan fingerprint density at radius 2 is 1.93 bits per heavy atom. The van der Waals surface area contributed by atoms with Crippen LogP contribution in [0.2, 0.25) is 0 Å². The molecule has 2 aromatic rings. The first-order chi connectivity index (χ1) is 13.3. The van der Waals surface area contributed by atoms with Crippen LogP contribution < -0.4 is 5.32 Å². The first kappa shape index (κ1) is 20.4. The highest BCUT2D eigenvalue weighted by Gasteiger charge is 2.42. The molecule has 1 aliphatic heterocycles. The number of nitrogens with one attached hydrogen (secondary N) is 1. The van der Waals surface area contributed by atoms with E-state index in [4.69, 9.17) is 0 Å². The van der Waals surface area contributed by atoms with Gasteiger partial charge in [0.15, 0.2) is 5.69 Å². The molecule has 0 saturated carbocycles. The molecule has 1 fully saturated rings. The number of para-hydroxylation sites is 1. The van der Waals surface area contributed by atoms with Gasteiger partial charge in [0.1, 0.15) is 0 Å². The molecule has 0 unspecified atom stereocenters.